The van der Waals surface area contributed by atoms with E-state index in [0.717, 1.165) is 0 Å². The van der Waals surface area contributed by atoms with Crippen molar-refractivity contribution in [1.29, 1.82) is 0 Å². The van der Waals surface area contributed by atoms with Crippen LogP contribution < -0.4 is 5.73 Å². The smallest absolute Gasteiger partial charge is 0.361 e. The topological polar surface area (TPSA) is 167 Å². The number of nitrogens with two attached hydrogens (primary N) is 1. The molecule has 13 nitrogen and oxygen atoms in total. The number of imidazole rings is 1. The highest BCUT2D eigenvalue weighted by Gasteiger charge is 2.32. The Balaban J connectivity index is 0.00000352. The standard InChI is InChI=1S/C22H36N5O8P.C2H6/c1-8-22(6,7)20(29)32-13-35-36(30,34-12-31-19(28)21(3,4)5)14-33-15(2)9-27-11-26-16-17(23)24-10-25-18(16)27;1-2/h10-11,15H,8-9,12-14H2,1-7H3,(H2,23,24,25);1-2H3/t15-,36?;/m1./s1. The van der Waals surface area contributed by atoms with Crippen molar-refractivity contribution in [2.24, 2.45) is 10.8 Å². The number of fused-ring (bicyclic) bond motifs is 1. The molecule has 0 bridgehead atoms. The molecule has 2 aromatic rings. The van der Waals surface area contributed by atoms with Gasteiger partial charge in [0.05, 0.1) is 29.8 Å². The molecular formula is C24H42N5O8P. The summed E-state index contributed by atoms with van der Waals surface area (Å²) in [4.78, 5) is 36.5. The Morgan fingerprint density at radius 2 is 1.61 bits per heavy atom. The molecule has 216 valence electrons. The van der Waals surface area contributed by atoms with Crippen LogP contribution in [0.25, 0.3) is 11.2 Å². The van der Waals surface area contributed by atoms with E-state index in [1.54, 1.807) is 52.4 Å². The average Bonchev–Trinajstić information content (AvgIpc) is 3.27. The summed E-state index contributed by atoms with van der Waals surface area (Å²) in [6.45, 7) is 15.1. The summed E-state index contributed by atoms with van der Waals surface area (Å²) in [6.07, 6.45) is 2.45. The van der Waals surface area contributed by atoms with Crippen LogP contribution in [-0.2, 0) is 44.0 Å². The Labute approximate surface area is 224 Å². The van der Waals surface area contributed by atoms with Crippen LogP contribution in [0, 0.1) is 10.8 Å². The van der Waals surface area contributed by atoms with Gasteiger partial charge in [0.1, 0.15) is 18.2 Å². The fourth-order valence-corrected chi connectivity index (χ4v) is 3.66. The predicted molar refractivity (Wildman–Crippen MR) is 142 cm³/mol. The molecule has 0 spiro atoms. The second-order valence-electron chi connectivity index (χ2n) is 9.89. The summed E-state index contributed by atoms with van der Waals surface area (Å²) in [6, 6.07) is 0. The number of rotatable bonds is 13. The minimum atomic E-state index is -3.99. The van der Waals surface area contributed by atoms with Gasteiger partial charge in [-0.05, 0) is 48.0 Å². The summed E-state index contributed by atoms with van der Waals surface area (Å²) >= 11 is 0. The van der Waals surface area contributed by atoms with Gasteiger partial charge in [0.2, 0.25) is 13.6 Å². The zero-order chi connectivity index (χ0) is 29.1. The van der Waals surface area contributed by atoms with Crippen LogP contribution in [0.1, 0.15) is 68.7 Å². The maximum Gasteiger partial charge on any atom is 0.361 e. The summed E-state index contributed by atoms with van der Waals surface area (Å²) < 4.78 is 41.5. The largest absolute Gasteiger partial charge is 0.438 e. The molecule has 0 saturated carbocycles. The fourth-order valence-electron chi connectivity index (χ4n) is 2.57. The third kappa shape index (κ3) is 9.94. The Morgan fingerprint density at radius 3 is 2.16 bits per heavy atom. The molecule has 14 heteroatoms. The molecule has 0 aromatic carbocycles. The number of ether oxygens (including phenoxy) is 3. The zero-order valence-corrected chi connectivity index (χ0v) is 24.7. The molecule has 38 heavy (non-hydrogen) atoms. The van der Waals surface area contributed by atoms with Gasteiger partial charge >= 0.3 is 19.5 Å². The molecule has 0 radical (unpaired) electrons. The number of carbonyl (C=O) groups excluding carboxylic acids is 2. The first kappa shape index (κ1) is 33.4. The quantitative estimate of drug-likeness (QED) is 0.207. The monoisotopic (exact) mass is 559 g/mol. The summed E-state index contributed by atoms with van der Waals surface area (Å²) in [7, 11) is -3.99. The number of carbonyl (C=O) groups is 2. The highest BCUT2D eigenvalue weighted by molar-refractivity contribution is 7.53. The second kappa shape index (κ2) is 14.5. The van der Waals surface area contributed by atoms with Gasteiger partial charge in [-0.1, -0.05) is 20.8 Å². The molecule has 2 N–H and O–H groups in total. The third-order valence-electron chi connectivity index (χ3n) is 5.33. The molecule has 0 fully saturated rings. The SMILES string of the molecule is CC.CCC(C)(C)C(=O)OCOP(=O)(CO[C@H](C)Cn1cnc2c(N)ncnc21)OCOC(=O)C(C)(C)C. The van der Waals surface area contributed by atoms with Gasteiger partial charge in [-0.25, -0.2) is 15.0 Å². The molecule has 0 aliphatic heterocycles. The van der Waals surface area contributed by atoms with E-state index in [1.165, 1.54) is 6.33 Å². The van der Waals surface area contributed by atoms with Crippen molar-refractivity contribution in [3.8, 4) is 0 Å². The van der Waals surface area contributed by atoms with Gasteiger partial charge in [-0.15, -0.1) is 0 Å². The summed E-state index contributed by atoms with van der Waals surface area (Å²) in [5.41, 5.74) is 5.28. The lowest BCUT2D eigenvalue weighted by Crippen LogP contribution is -2.27. The van der Waals surface area contributed by atoms with Crippen molar-refractivity contribution >= 4 is 36.5 Å². The first-order valence-electron chi connectivity index (χ1n) is 12.4. The molecule has 0 aliphatic carbocycles. The van der Waals surface area contributed by atoms with E-state index in [2.05, 4.69) is 15.0 Å². The Hall–Kier alpha value is -2.60. The van der Waals surface area contributed by atoms with Crippen molar-refractivity contribution in [1.82, 2.24) is 19.5 Å². The highest BCUT2D eigenvalue weighted by Crippen LogP contribution is 2.48. The number of hydrogen-bond acceptors (Lipinski definition) is 12. The average molecular weight is 560 g/mol. The number of hydrogen-bond donors (Lipinski definition) is 1. The minimum absolute atomic E-state index is 0.254. The predicted octanol–water partition coefficient (Wildman–Crippen LogP) is 4.51. The molecule has 1 unspecified atom stereocenters. The van der Waals surface area contributed by atoms with Gasteiger partial charge in [-0.2, -0.15) is 0 Å². The van der Waals surface area contributed by atoms with Crippen LogP contribution in [0.5, 0.6) is 0 Å². The van der Waals surface area contributed by atoms with Gasteiger partial charge < -0.3 is 24.5 Å². The number of esters is 2. The lowest BCUT2D eigenvalue weighted by atomic mass is 9.91. The number of nitrogen functional groups attached to an aromatic ring is 1. The molecular weight excluding hydrogens is 517 g/mol. The van der Waals surface area contributed by atoms with Gasteiger partial charge in [0, 0.05) is 0 Å². The van der Waals surface area contributed by atoms with E-state index in [-0.39, 0.29) is 5.82 Å². The number of anilines is 1. The first-order chi connectivity index (χ1) is 17.7. The van der Waals surface area contributed by atoms with Crippen LogP contribution in [0.3, 0.4) is 0 Å². The van der Waals surface area contributed by atoms with Crippen molar-refractivity contribution in [3.63, 3.8) is 0 Å². The van der Waals surface area contributed by atoms with Crippen molar-refractivity contribution in [2.45, 2.75) is 81.4 Å². The van der Waals surface area contributed by atoms with E-state index in [1.807, 2.05) is 20.8 Å². The molecule has 2 heterocycles. The van der Waals surface area contributed by atoms with Crippen molar-refractivity contribution in [2.75, 3.05) is 25.7 Å². The zero-order valence-electron chi connectivity index (χ0n) is 23.8. The lowest BCUT2D eigenvalue weighted by molar-refractivity contribution is -0.163. The van der Waals surface area contributed by atoms with E-state index >= 15 is 0 Å². The van der Waals surface area contributed by atoms with Gasteiger partial charge in [0.15, 0.2) is 11.5 Å². The van der Waals surface area contributed by atoms with Crippen LogP contribution in [0.2, 0.25) is 0 Å². The molecule has 2 atom stereocenters. The van der Waals surface area contributed by atoms with E-state index < -0.39 is 56.4 Å². The number of nitrogens with zero attached hydrogens (tertiary/aromatic N) is 4. The molecule has 0 amide bonds. The Kier molecular flexibility index (Phi) is 12.8. The van der Waals surface area contributed by atoms with Crippen LogP contribution in [0.4, 0.5) is 5.82 Å². The second-order valence-corrected chi connectivity index (χ2v) is 11.9. The van der Waals surface area contributed by atoms with Crippen LogP contribution >= 0.6 is 7.60 Å². The fraction of sp³-hybridized carbons (Fsp3) is 0.708. The first-order valence-corrected chi connectivity index (χ1v) is 14.2. The van der Waals surface area contributed by atoms with E-state index in [0.29, 0.717) is 24.1 Å². The van der Waals surface area contributed by atoms with E-state index in [9.17, 15) is 14.2 Å². The summed E-state index contributed by atoms with van der Waals surface area (Å²) in [5, 5.41) is 0. The maximum atomic E-state index is 13.3. The molecule has 0 saturated heterocycles. The lowest BCUT2D eigenvalue weighted by Gasteiger charge is -2.24. The van der Waals surface area contributed by atoms with Crippen LogP contribution in [-0.4, -0.2) is 57.5 Å². The van der Waals surface area contributed by atoms with E-state index in [4.69, 9.17) is 29.0 Å². The van der Waals surface area contributed by atoms with Crippen molar-refractivity contribution in [3.05, 3.63) is 12.7 Å². The highest BCUT2D eigenvalue weighted by atomic mass is 31.2. The third-order valence-corrected chi connectivity index (χ3v) is 6.79. The van der Waals surface area contributed by atoms with Crippen molar-refractivity contribution < 1.29 is 37.4 Å². The van der Waals surface area contributed by atoms with Gasteiger partial charge in [0.25, 0.3) is 0 Å². The Bertz CT molecular complexity index is 1100. The maximum absolute atomic E-state index is 13.3. The molecule has 2 aromatic heterocycles. The number of aromatic nitrogens is 4. The van der Waals surface area contributed by atoms with Crippen LogP contribution in [0.15, 0.2) is 12.7 Å². The molecule has 2 rings (SSSR count). The Morgan fingerprint density at radius 1 is 1.03 bits per heavy atom. The minimum Gasteiger partial charge on any atom is -0.438 e. The molecule has 0 aliphatic rings. The van der Waals surface area contributed by atoms with Gasteiger partial charge in [-0.3, -0.25) is 23.2 Å². The normalized spacial score (nSPS) is 14.2. The summed E-state index contributed by atoms with van der Waals surface area (Å²) in [5.74, 6) is -0.810.